The highest BCUT2D eigenvalue weighted by molar-refractivity contribution is 5.84. The second-order valence-electron chi connectivity index (χ2n) is 4.10. The normalized spacial score (nSPS) is 16.1. The SMILES string of the molecule is CCN(CC)C1=NC=CC(C(C)C)=CC1. The van der Waals surface area contributed by atoms with E-state index >= 15 is 0 Å². The zero-order valence-corrected chi connectivity index (χ0v) is 10.3. The van der Waals surface area contributed by atoms with E-state index in [1.54, 1.807) is 0 Å². The largest absolute Gasteiger partial charge is 0.360 e. The van der Waals surface area contributed by atoms with E-state index in [0.29, 0.717) is 5.92 Å². The van der Waals surface area contributed by atoms with Gasteiger partial charge in [-0.25, -0.2) is 4.99 Å². The van der Waals surface area contributed by atoms with Crippen LogP contribution >= 0.6 is 0 Å². The van der Waals surface area contributed by atoms with Gasteiger partial charge >= 0.3 is 0 Å². The monoisotopic (exact) mass is 206 g/mol. The summed E-state index contributed by atoms with van der Waals surface area (Å²) in [5.41, 5.74) is 1.39. The van der Waals surface area contributed by atoms with Crippen molar-refractivity contribution in [3.8, 4) is 0 Å². The molecule has 0 fully saturated rings. The van der Waals surface area contributed by atoms with Gasteiger partial charge in [-0.05, 0) is 31.4 Å². The fourth-order valence-electron chi connectivity index (χ4n) is 1.77. The first-order valence-corrected chi connectivity index (χ1v) is 5.87. The third kappa shape index (κ3) is 3.22. The summed E-state index contributed by atoms with van der Waals surface area (Å²) < 4.78 is 0. The van der Waals surface area contributed by atoms with Crippen LogP contribution in [-0.4, -0.2) is 23.8 Å². The Hall–Kier alpha value is -1.05. The van der Waals surface area contributed by atoms with E-state index in [1.807, 2.05) is 6.20 Å². The molecule has 0 aromatic carbocycles. The maximum absolute atomic E-state index is 4.51. The Morgan fingerprint density at radius 1 is 1.33 bits per heavy atom. The van der Waals surface area contributed by atoms with E-state index in [2.05, 4.69) is 49.7 Å². The van der Waals surface area contributed by atoms with E-state index in [0.717, 1.165) is 19.5 Å². The van der Waals surface area contributed by atoms with Gasteiger partial charge in [-0.15, -0.1) is 0 Å². The molecule has 0 unspecified atom stereocenters. The molecule has 0 radical (unpaired) electrons. The van der Waals surface area contributed by atoms with Crippen LogP contribution in [0, 0.1) is 5.92 Å². The van der Waals surface area contributed by atoms with Crippen LogP contribution in [0.3, 0.4) is 0 Å². The summed E-state index contributed by atoms with van der Waals surface area (Å²) in [6.45, 7) is 10.9. The molecule has 1 aliphatic heterocycles. The van der Waals surface area contributed by atoms with Gasteiger partial charge in [0.25, 0.3) is 0 Å². The number of rotatable bonds is 3. The number of allylic oxidation sites excluding steroid dienone is 2. The van der Waals surface area contributed by atoms with E-state index in [9.17, 15) is 0 Å². The van der Waals surface area contributed by atoms with Crippen molar-refractivity contribution in [3.63, 3.8) is 0 Å². The Kier molecular flexibility index (Phi) is 4.60. The van der Waals surface area contributed by atoms with Crippen LogP contribution in [-0.2, 0) is 0 Å². The number of aliphatic imine (C=N–C) groups is 1. The minimum Gasteiger partial charge on any atom is -0.360 e. The van der Waals surface area contributed by atoms with Crippen molar-refractivity contribution < 1.29 is 0 Å². The molecule has 0 saturated heterocycles. The van der Waals surface area contributed by atoms with E-state index in [4.69, 9.17) is 0 Å². The molecule has 0 atom stereocenters. The Bertz CT molecular complexity index is 281. The van der Waals surface area contributed by atoms with Crippen molar-refractivity contribution in [1.82, 2.24) is 4.90 Å². The standard InChI is InChI=1S/C13H22N2/c1-5-15(6-2)13-8-7-12(11(3)4)9-10-14-13/h7,9-11H,5-6,8H2,1-4H3. The van der Waals surface area contributed by atoms with Gasteiger partial charge in [-0.1, -0.05) is 19.9 Å². The van der Waals surface area contributed by atoms with Crippen molar-refractivity contribution in [2.45, 2.75) is 34.1 Å². The van der Waals surface area contributed by atoms with Gasteiger partial charge in [0.15, 0.2) is 0 Å². The molecule has 15 heavy (non-hydrogen) atoms. The Labute approximate surface area is 93.4 Å². The molecule has 0 aromatic rings. The third-order valence-electron chi connectivity index (χ3n) is 2.81. The first-order valence-electron chi connectivity index (χ1n) is 5.87. The van der Waals surface area contributed by atoms with Gasteiger partial charge in [0.05, 0.1) is 0 Å². The van der Waals surface area contributed by atoms with Gasteiger partial charge in [-0.2, -0.15) is 0 Å². The van der Waals surface area contributed by atoms with Crippen LogP contribution < -0.4 is 0 Å². The van der Waals surface area contributed by atoms with Gasteiger partial charge in [0.1, 0.15) is 5.84 Å². The summed E-state index contributed by atoms with van der Waals surface area (Å²) in [6.07, 6.45) is 7.32. The van der Waals surface area contributed by atoms with Crippen molar-refractivity contribution in [2.75, 3.05) is 13.1 Å². The minimum absolute atomic E-state index is 0.590. The van der Waals surface area contributed by atoms with Crippen LogP contribution in [0.15, 0.2) is 28.9 Å². The molecule has 2 heteroatoms. The zero-order chi connectivity index (χ0) is 11.3. The number of amidine groups is 1. The van der Waals surface area contributed by atoms with Crippen LogP contribution in [0.4, 0.5) is 0 Å². The highest BCUT2D eigenvalue weighted by Crippen LogP contribution is 2.15. The molecule has 0 spiro atoms. The summed E-state index contributed by atoms with van der Waals surface area (Å²) in [7, 11) is 0. The smallest absolute Gasteiger partial charge is 0.108 e. The lowest BCUT2D eigenvalue weighted by Gasteiger charge is -2.21. The van der Waals surface area contributed by atoms with Crippen LogP contribution in [0.1, 0.15) is 34.1 Å². The molecule has 0 bridgehead atoms. The molecule has 0 amide bonds. The maximum atomic E-state index is 4.51. The fraction of sp³-hybridized carbons (Fsp3) is 0.615. The van der Waals surface area contributed by atoms with E-state index < -0.39 is 0 Å². The minimum atomic E-state index is 0.590. The second-order valence-corrected chi connectivity index (χ2v) is 4.10. The zero-order valence-electron chi connectivity index (χ0n) is 10.3. The molecular weight excluding hydrogens is 184 g/mol. The third-order valence-corrected chi connectivity index (χ3v) is 2.81. The Balaban J connectivity index is 2.74. The number of hydrogen-bond acceptors (Lipinski definition) is 2. The van der Waals surface area contributed by atoms with Crippen molar-refractivity contribution in [3.05, 3.63) is 23.9 Å². The van der Waals surface area contributed by atoms with Gasteiger partial charge in [0.2, 0.25) is 0 Å². The van der Waals surface area contributed by atoms with Crippen LogP contribution in [0.2, 0.25) is 0 Å². The molecule has 0 N–H and O–H groups in total. The molecular formula is C13H22N2. The van der Waals surface area contributed by atoms with Crippen molar-refractivity contribution in [1.29, 1.82) is 0 Å². The molecule has 1 heterocycles. The first kappa shape index (κ1) is 12.0. The van der Waals surface area contributed by atoms with Crippen LogP contribution in [0.5, 0.6) is 0 Å². The molecule has 1 aliphatic rings. The first-order chi connectivity index (χ1) is 7.19. The quantitative estimate of drug-likeness (QED) is 0.692. The fourth-order valence-corrected chi connectivity index (χ4v) is 1.77. The molecule has 0 saturated carbocycles. The lowest BCUT2D eigenvalue weighted by molar-refractivity contribution is 0.459. The molecule has 0 aliphatic carbocycles. The van der Waals surface area contributed by atoms with Crippen molar-refractivity contribution in [2.24, 2.45) is 10.9 Å². The lowest BCUT2D eigenvalue weighted by Crippen LogP contribution is -2.29. The molecule has 1 rings (SSSR count). The summed E-state index contributed by atoms with van der Waals surface area (Å²) in [5, 5.41) is 0. The Morgan fingerprint density at radius 2 is 2.00 bits per heavy atom. The van der Waals surface area contributed by atoms with Gasteiger partial charge in [0, 0.05) is 25.7 Å². The molecule has 2 nitrogen and oxygen atoms in total. The molecule has 0 aromatic heterocycles. The highest BCUT2D eigenvalue weighted by atomic mass is 15.2. The van der Waals surface area contributed by atoms with Gasteiger partial charge < -0.3 is 4.90 Å². The summed E-state index contributed by atoms with van der Waals surface area (Å²) in [6, 6.07) is 0. The van der Waals surface area contributed by atoms with E-state index in [-0.39, 0.29) is 0 Å². The maximum Gasteiger partial charge on any atom is 0.108 e. The summed E-state index contributed by atoms with van der Waals surface area (Å²) in [5.74, 6) is 1.78. The second kappa shape index (κ2) is 5.74. The lowest BCUT2D eigenvalue weighted by atomic mass is 10.0. The van der Waals surface area contributed by atoms with E-state index in [1.165, 1.54) is 11.4 Å². The average molecular weight is 206 g/mol. The van der Waals surface area contributed by atoms with Crippen molar-refractivity contribution >= 4 is 5.84 Å². The van der Waals surface area contributed by atoms with Crippen LogP contribution in [0.25, 0.3) is 0 Å². The topological polar surface area (TPSA) is 15.6 Å². The number of nitrogens with zero attached hydrogens (tertiary/aromatic N) is 2. The summed E-state index contributed by atoms with van der Waals surface area (Å²) in [4.78, 5) is 6.82. The average Bonchev–Trinajstić information content (AvgIpc) is 2.45. The number of hydrogen-bond donors (Lipinski definition) is 0. The Morgan fingerprint density at radius 3 is 2.53 bits per heavy atom. The van der Waals surface area contributed by atoms with Gasteiger partial charge in [-0.3, -0.25) is 0 Å². The summed E-state index contributed by atoms with van der Waals surface area (Å²) >= 11 is 0. The predicted octanol–water partition coefficient (Wildman–Crippen LogP) is 3.23. The highest BCUT2D eigenvalue weighted by Gasteiger charge is 2.08. The molecule has 84 valence electrons. The predicted molar refractivity (Wildman–Crippen MR) is 67.0 cm³/mol.